The van der Waals surface area contributed by atoms with Crippen LogP contribution < -0.4 is 19.5 Å². The van der Waals surface area contributed by atoms with E-state index in [0.717, 1.165) is 33.3 Å². The lowest BCUT2D eigenvalue weighted by Gasteiger charge is -2.13. The molecule has 0 bridgehead atoms. The second-order valence-electron chi connectivity index (χ2n) is 6.89. The molecule has 154 valence electrons. The number of nitrogens with one attached hydrogen (secondary N) is 1. The lowest BCUT2D eigenvalue weighted by molar-refractivity contribution is -0.117. The predicted molar refractivity (Wildman–Crippen MR) is 116 cm³/mol. The molecule has 0 spiro atoms. The second kappa shape index (κ2) is 9.00. The summed E-state index contributed by atoms with van der Waals surface area (Å²) in [6.45, 7) is 4.58. The first-order chi connectivity index (χ1) is 14.6. The quantitative estimate of drug-likeness (QED) is 0.561. The molecular formula is C23H22N2O4S. The topological polar surface area (TPSA) is 69.7 Å². The van der Waals surface area contributed by atoms with E-state index in [0.29, 0.717) is 12.4 Å². The highest BCUT2D eigenvalue weighted by Gasteiger charge is 2.16. The summed E-state index contributed by atoms with van der Waals surface area (Å²) in [5.74, 6) is 2.03. The number of carbonyl (C=O) groups excluding carboxylic acids is 1. The van der Waals surface area contributed by atoms with Crippen molar-refractivity contribution in [2.24, 2.45) is 0 Å². The number of hydrogen-bond acceptors (Lipinski definition) is 6. The summed E-state index contributed by atoms with van der Waals surface area (Å²) in [7, 11) is 0. The molecule has 1 aromatic heterocycles. The van der Waals surface area contributed by atoms with Crippen molar-refractivity contribution in [1.82, 2.24) is 10.3 Å². The smallest absolute Gasteiger partial charge is 0.244 e. The van der Waals surface area contributed by atoms with Crippen molar-refractivity contribution in [3.05, 3.63) is 75.7 Å². The van der Waals surface area contributed by atoms with E-state index in [2.05, 4.69) is 10.3 Å². The van der Waals surface area contributed by atoms with Gasteiger partial charge in [0, 0.05) is 11.5 Å². The van der Waals surface area contributed by atoms with Gasteiger partial charge >= 0.3 is 0 Å². The predicted octanol–water partition coefficient (Wildman–Crippen LogP) is 4.65. The highest BCUT2D eigenvalue weighted by Crippen LogP contribution is 2.34. The van der Waals surface area contributed by atoms with Gasteiger partial charge in [-0.2, -0.15) is 0 Å². The standard InChI is InChI=1S/C23H22N2O4S/c1-15(18-6-9-21-22(11-18)29-14-28-21)24-23(26)10-5-17-3-7-20(8-4-17)27-12-19-13-30-16(2)25-19/h3-11,13,15H,12,14H2,1-2H3,(H,24,26)/b10-5+. The van der Waals surface area contributed by atoms with Gasteiger partial charge in [-0.05, 0) is 55.3 Å². The summed E-state index contributed by atoms with van der Waals surface area (Å²) in [4.78, 5) is 16.7. The van der Waals surface area contributed by atoms with E-state index in [4.69, 9.17) is 14.2 Å². The molecule has 1 aliphatic rings. The Hall–Kier alpha value is -3.32. The van der Waals surface area contributed by atoms with E-state index in [9.17, 15) is 4.79 Å². The minimum atomic E-state index is -0.167. The Morgan fingerprint density at radius 2 is 2.03 bits per heavy atom. The second-order valence-corrected chi connectivity index (χ2v) is 7.95. The largest absolute Gasteiger partial charge is 0.487 e. The number of thiazole rings is 1. The van der Waals surface area contributed by atoms with Gasteiger partial charge < -0.3 is 19.5 Å². The molecule has 0 saturated heterocycles. The fourth-order valence-electron chi connectivity index (χ4n) is 3.01. The maximum Gasteiger partial charge on any atom is 0.244 e. The van der Waals surface area contributed by atoms with Crippen LogP contribution in [0.4, 0.5) is 0 Å². The van der Waals surface area contributed by atoms with E-state index in [1.165, 1.54) is 6.08 Å². The summed E-state index contributed by atoms with van der Waals surface area (Å²) in [6.07, 6.45) is 3.30. The monoisotopic (exact) mass is 422 g/mol. The van der Waals surface area contributed by atoms with Crippen LogP contribution in [0.1, 0.15) is 34.8 Å². The van der Waals surface area contributed by atoms with Gasteiger partial charge in [0.05, 0.1) is 16.7 Å². The van der Waals surface area contributed by atoms with Gasteiger partial charge in [0.2, 0.25) is 12.7 Å². The Bertz CT molecular complexity index is 1060. The molecule has 1 atom stereocenters. The van der Waals surface area contributed by atoms with E-state index >= 15 is 0 Å². The molecule has 0 radical (unpaired) electrons. The molecule has 1 unspecified atom stereocenters. The molecule has 4 rings (SSSR count). The molecule has 2 aromatic carbocycles. The number of carbonyl (C=O) groups is 1. The van der Waals surface area contributed by atoms with Crippen molar-refractivity contribution >= 4 is 23.3 Å². The molecule has 1 N–H and O–H groups in total. The van der Waals surface area contributed by atoms with Crippen LogP contribution in [0.15, 0.2) is 53.9 Å². The van der Waals surface area contributed by atoms with Crippen molar-refractivity contribution in [3.63, 3.8) is 0 Å². The molecule has 7 heteroatoms. The maximum atomic E-state index is 12.3. The summed E-state index contributed by atoms with van der Waals surface area (Å²) in [5, 5.41) is 5.98. The molecule has 6 nitrogen and oxygen atoms in total. The Kier molecular flexibility index (Phi) is 5.99. The zero-order valence-corrected chi connectivity index (χ0v) is 17.6. The van der Waals surface area contributed by atoms with Crippen molar-refractivity contribution in [2.75, 3.05) is 6.79 Å². The van der Waals surface area contributed by atoms with Gasteiger partial charge in [-0.15, -0.1) is 11.3 Å². The Morgan fingerprint density at radius 3 is 2.80 bits per heavy atom. The average Bonchev–Trinajstić information content (AvgIpc) is 3.39. The fraction of sp³-hybridized carbons (Fsp3) is 0.217. The number of aromatic nitrogens is 1. The first-order valence-corrected chi connectivity index (χ1v) is 10.5. The Labute approximate surface area is 179 Å². The van der Waals surface area contributed by atoms with Crippen LogP contribution in [-0.4, -0.2) is 17.7 Å². The number of rotatable bonds is 7. The number of amides is 1. The summed E-state index contributed by atoms with van der Waals surface area (Å²) in [5.41, 5.74) is 2.80. The molecule has 1 aliphatic heterocycles. The van der Waals surface area contributed by atoms with Crippen LogP contribution in [-0.2, 0) is 11.4 Å². The van der Waals surface area contributed by atoms with Gasteiger partial charge in [0.15, 0.2) is 11.5 Å². The number of nitrogens with zero attached hydrogens (tertiary/aromatic N) is 1. The highest BCUT2D eigenvalue weighted by molar-refractivity contribution is 7.09. The highest BCUT2D eigenvalue weighted by atomic mass is 32.1. The molecule has 0 saturated carbocycles. The van der Waals surface area contributed by atoms with Crippen molar-refractivity contribution in [1.29, 1.82) is 0 Å². The first kappa shape index (κ1) is 20.0. The van der Waals surface area contributed by atoms with Crippen LogP contribution in [0.2, 0.25) is 0 Å². The van der Waals surface area contributed by atoms with Crippen LogP contribution in [0.25, 0.3) is 6.08 Å². The Morgan fingerprint density at radius 1 is 1.23 bits per heavy atom. The lowest BCUT2D eigenvalue weighted by Crippen LogP contribution is -2.24. The SMILES string of the molecule is Cc1nc(COc2ccc(/C=C/C(=O)NC(C)c3ccc4c(c3)OCO4)cc2)cs1. The van der Waals surface area contributed by atoms with Crippen LogP contribution in [0, 0.1) is 6.92 Å². The first-order valence-electron chi connectivity index (χ1n) is 9.59. The zero-order valence-electron chi connectivity index (χ0n) is 16.8. The molecule has 2 heterocycles. The number of ether oxygens (including phenoxy) is 3. The third-order valence-electron chi connectivity index (χ3n) is 4.62. The number of hydrogen-bond donors (Lipinski definition) is 1. The minimum Gasteiger partial charge on any atom is -0.487 e. The van der Waals surface area contributed by atoms with Gasteiger partial charge in [0.25, 0.3) is 0 Å². The van der Waals surface area contributed by atoms with Crippen LogP contribution in [0.5, 0.6) is 17.2 Å². The van der Waals surface area contributed by atoms with Crippen LogP contribution in [0.3, 0.4) is 0 Å². The third kappa shape index (κ3) is 4.99. The summed E-state index contributed by atoms with van der Waals surface area (Å²) >= 11 is 1.61. The van der Waals surface area contributed by atoms with Crippen molar-refractivity contribution in [2.45, 2.75) is 26.5 Å². The number of benzene rings is 2. The summed E-state index contributed by atoms with van der Waals surface area (Å²) < 4.78 is 16.4. The van der Waals surface area contributed by atoms with E-state index in [-0.39, 0.29) is 18.7 Å². The lowest BCUT2D eigenvalue weighted by atomic mass is 10.1. The third-order valence-corrected chi connectivity index (χ3v) is 5.44. The number of aryl methyl sites for hydroxylation is 1. The maximum absolute atomic E-state index is 12.3. The molecular weight excluding hydrogens is 400 g/mol. The molecule has 0 aliphatic carbocycles. The minimum absolute atomic E-state index is 0.151. The normalized spacial score (nSPS) is 13.4. The average molecular weight is 423 g/mol. The molecule has 3 aromatic rings. The molecule has 30 heavy (non-hydrogen) atoms. The van der Waals surface area contributed by atoms with Gasteiger partial charge in [-0.3, -0.25) is 4.79 Å². The van der Waals surface area contributed by atoms with Crippen molar-refractivity contribution in [3.8, 4) is 17.2 Å². The van der Waals surface area contributed by atoms with E-state index < -0.39 is 0 Å². The van der Waals surface area contributed by atoms with E-state index in [1.54, 1.807) is 17.4 Å². The Balaban J connectivity index is 1.29. The molecule has 0 fully saturated rings. The van der Waals surface area contributed by atoms with Gasteiger partial charge in [-0.25, -0.2) is 4.98 Å². The molecule has 1 amide bonds. The summed E-state index contributed by atoms with van der Waals surface area (Å²) in [6, 6.07) is 13.1. The van der Waals surface area contributed by atoms with Crippen LogP contribution >= 0.6 is 11.3 Å². The van der Waals surface area contributed by atoms with E-state index in [1.807, 2.05) is 61.7 Å². The number of fused-ring (bicyclic) bond motifs is 1. The van der Waals surface area contributed by atoms with Gasteiger partial charge in [0.1, 0.15) is 12.4 Å². The fourth-order valence-corrected chi connectivity index (χ4v) is 3.60. The van der Waals surface area contributed by atoms with Gasteiger partial charge in [-0.1, -0.05) is 18.2 Å². The van der Waals surface area contributed by atoms with Crippen molar-refractivity contribution < 1.29 is 19.0 Å². The zero-order chi connectivity index (χ0) is 20.9.